The molecule has 2 heterocycles. The van der Waals surface area contributed by atoms with Crippen LogP contribution in [0.1, 0.15) is 22.9 Å². The van der Waals surface area contributed by atoms with E-state index in [0.717, 1.165) is 11.1 Å². The predicted octanol–water partition coefficient (Wildman–Crippen LogP) is 3.26. The maximum Gasteiger partial charge on any atom is 0.315 e. The Morgan fingerprint density at radius 1 is 1.04 bits per heavy atom. The van der Waals surface area contributed by atoms with Crippen molar-refractivity contribution >= 4 is 6.03 Å². The molecule has 0 bridgehead atoms. The number of hydrogen-bond donors (Lipinski definition) is 2. The van der Waals surface area contributed by atoms with E-state index in [9.17, 15) is 4.79 Å². The maximum atomic E-state index is 12.2. The van der Waals surface area contributed by atoms with Crippen LogP contribution in [0.5, 0.6) is 0 Å². The van der Waals surface area contributed by atoms with E-state index in [0.29, 0.717) is 12.3 Å². The molecule has 0 radical (unpaired) electrons. The number of aromatic nitrogens is 1. The highest BCUT2D eigenvalue weighted by Crippen LogP contribution is 2.22. The monoisotopic (exact) mass is 307 g/mol. The lowest BCUT2D eigenvalue weighted by atomic mass is 10.1. The van der Waals surface area contributed by atoms with Crippen LogP contribution in [0.25, 0.3) is 0 Å². The van der Waals surface area contributed by atoms with Crippen LogP contribution in [0, 0.1) is 0 Å². The van der Waals surface area contributed by atoms with Gasteiger partial charge in [-0.05, 0) is 35.4 Å². The number of hydrogen-bond acceptors (Lipinski definition) is 3. The lowest BCUT2D eigenvalue weighted by molar-refractivity contribution is 0.237. The van der Waals surface area contributed by atoms with Gasteiger partial charge in [-0.3, -0.25) is 4.98 Å². The Bertz CT molecular complexity index is 727. The van der Waals surface area contributed by atoms with Crippen molar-refractivity contribution in [2.75, 3.05) is 0 Å². The van der Waals surface area contributed by atoms with Crippen molar-refractivity contribution in [1.29, 1.82) is 0 Å². The van der Waals surface area contributed by atoms with E-state index in [-0.39, 0.29) is 12.1 Å². The molecule has 3 aromatic rings. The number of rotatable bonds is 5. The summed E-state index contributed by atoms with van der Waals surface area (Å²) in [5.74, 6) is 0.690. The molecule has 2 N–H and O–H groups in total. The van der Waals surface area contributed by atoms with Gasteiger partial charge in [-0.1, -0.05) is 30.3 Å². The standard InChI is InChI=1S/C18H17N3O2/c22-18(20-13-14-8-10-19-11-9-14)21-17(16-7-4-12-23-16)15-5-2-1-3-6-15/h1-12,17H,13H2,(H2,20,21,22). The molecular formula is C18H17N3O2. The summed E-state index contributed by atoms with van der Waals surface area (Å²) in [5, 5.41) is 5.79. The summed E-state index contributed by atoms with van der Waals surface area (Å²) in [6.07, 6.45) is 5.00. The van der Waals surface area contributed by atoms with Crippen molar-refractivity contribution in [3.05, 3.63) is 90.1 Å². The Balaban J connectivity index is 1.68. The first-order chi connectivity index (χ1) is 11.3. The normalized spacial score (nSPS) is 11.7. The zero-order valence-electron chi connectivity index (χ0n) is 12.5. The number of furan rings is 1. The topological polar surface area (TPSA) is 67.2 Å². The fourth-order valence-electron chi connectivity index (χ4n) is 2.28. The molecule has 0 saturated carbocycles. The first-order valence-corrected chi connectivity index (χ1v) is 7.34. The SMILES string of the molecule is O=C(NCc1ccncc1)NC(c1ccccc1)c1ccco1. The Hall–Kier alpha value is -3.08. The molecular weight excluding hydrogens is 290 g/mol. The number of urea groups is 1. The second-order valence-electron chi connectivity index (χ2n) is 5.04. The Morgan fingerprint density at radius 3 is 2.52 bits per heavy atom. The number of benzene rings is 1. The summed E-state index contributed by atoms with van der Waals surface area (Å²) < 4.78 is 5.46. The zero-order chi connectivity index (χ0) is 15.9. The van der Waals surface area contributed by atoms with Crippen LogP contribution < -0.4 is 10.6 Å². The molecule has 0 aliphatic heterocycles. The molecule has 5 nitrogen and oxygen atoms in total. The highest BCUT2D eigenvalue weighted by Gasteiger charge is 2.18. The van der Waals surface area contributed by atoms with Gasteiger partial charge in [-0.2, -0.15) is 0 Å². The molecule has 0 spiro atoms. The van der Waals surface area contributed by atoms with Gasteiger partial charge in [0, 0.05) is 18.9 Å². The molecule has 5 heteroatoms. The van der Waals surface area contributed by atoms with Crippen LogP contribution in [0.2, 0.25) is 0 Å². The molecule has 1 atom stereocenters. The van der Waals surface area contributed by atoms with E-state index >= 15 is 0 Å². The number of nitrogens with zero attached hydrogens (tertiary/aromatic N) is 1. The Kier molecular flexibility index (Phi) is 4.69. The fraction of sp³-hybridized carbons (Fsp3) is 0.111. The van der Waals surface area contributed by atoms with Gasteiger partial charge in [0.05, 0.1) is 6.26 Å². The second kappa shape index (κ2) is 7.26. The highest BCUT2D eigenvalue weighted by atomic mass is 16.3. The van der Waals surface area contributed by atoms with Crippen molar-refractivity contribution < 1.29 is 9.21 Å². The summed E-state index contributed by atoms with van der Waals surface area (Å²) in [4.78, 5) is 16.2. The van der Waals surface area contributed by atoms with Gasteiger partial charge < -0.3 is 15.1 Å². The molecule has 1 aromatic carbocycles. The van der Waals surface area contributed by atoms with Gasteiger partial charge in [-0.15, -0.1) is 0 Å². The summed E-state index contributed by atoms with van der Waals surface area (Å²) in [6.45, 7) is 0.439. The van der Waals surface area contributed by atoms with Crippen molar-refractivity contribution in [2.24, 2.45) is 0 Å². The fourth-order valence-corrected chi connectivity index (χ4v) is 2.28. The molecule has 2 aromatic heterocycles. The first kappa shape index (κ1) is 14.8. The molecule has 1 unspecified atom stereocenters. The van der Waals surface area contributed by atoms with Gasteiger partial charge in [0.2, 0.25) is 0 Å². The molecule has 2 amide bonds. The van der Waals surface area contributed by atoms with Gasteiger partial charge in [0.25, 0.3) is 0 Å². The van der Waals surface area contributed by atoms with Crippen LogP contribution in [0.15, 0.2) is 77.7 Å². The van der Waals surface area contributed by atoms with Gasteiger partial charge in [0.15, 0.2) is 0 Å². The van der Waals surface area contributed by atoms with E-state index in [4.69, 9.17) is 4.42 Å². The van der Waals surface area contributed by atoms with Crippen molar-refractivity contribution in [1.82, 2.24) is 15.6 Å². The van der Waals surface area contributed by atoms with Crippen LogP contribution >= 0.6 is 0 Å². The largest absolute Gasteiger partial charge is 0.467 e. The average Bonchev–Trinajstić information content (AvgIpc) is 3.14. The van der Waals surface area contributed by atoms with Crippen molar-refractivity contribution in [3.63, 3.8) is 0 Å². The number of carbonyl (C=O) groups excluding carboxylic acids is 1. The lowest BCUT2D eigenvalue weighted by Crippen LogP contribution is -2.37. The third-order valence-electron chi connectivity index (χ3n) is 3.44. The summed E-state index contributed by atoms with van der Waals surface area (Å²) in [7, 11) is 0. The first-order valence-electron chi connectivity index (χ1n) is 7.34. The van der Waals surface area contributed by atoms with Crippen molar-refractivity contribution in [2.45, 2.75) is 12.6 Å². The molecule has 0 saturated heterocycles. The minimum atomic E-state index is -0.330. The summed E-state index contributed by atoms with van der Waals surface area (Å²) in [5.41, 5.74) is 1.95. The smallest absolute Gasteiger partial charge is 0.315 e. The minimum Gasteiger partial charge on any atom is -0.467 e. The quantitative estimate of drug-likeness (QED) is 0.760. The number of amides is 2. The number of pyridine rings is 1. The van der Waals surface area contributed by atoms with Crippen molar-refractivity contribution in [3.8, 4) is 0 Å². The van der Waals surface area contributed by atoms with Gasteiger partial charge in [-0.25, -0.2) is 4.79 Å². The average molecular weight is 307 g/mol. The third-order valence-corrected chi connectivity index (χ3v) is 3.44. The molecule has 116 valence electrons. The summed E-state index contributed by atoms with van der Waals surface area (Å²) >= 11 is 0. The van der Waals surface area contributed by atoms with E-state index < -0.39 is 0 Å². The third kappa shape index (κ3) is 3.97. The van der Waals surface area contributed by atoms with Crippen LogP contribution in [0.3, 0.4) is 0 Å². The second-order valence-corrected chi connectivity index (χ2v) is 5.04. The van der Waals surface area contributed by atoms with E-state index in [1.165, 1.54) is 0 Å². The summed E-state index contributed by atoms with van der Waals surface area (Å²) in [6, 6.07) is 16.5. The van der Waals surface area contributed by atoms with Crippen LogP contribution in [0.4, 0.5) is 4.79 Å². The number of nitrogens with one attached hydrogen (secondary N) is 2. The molecule has 0 aliphatic rings. The number of carbonyl (C=O) groups is 1. The molecule has 0 fully saturated rings. The van der Waals surface area contributed by atoms with E-state index in [1.807, 2.05) is 54.6 Å². The minimum absolute atomic E-state index is 0.257. The van der Waals surface area contributed by atoms with Gasteiger partial charge in [0.1, 0.15) is 11.8 Å². The molecule has 23 heavy (non-hydrogen) atoms. The van der Waals surface area contributed by atoms with E-state index in [1.54, 1.807) is 18.7 Å². The molecule has 3 rings (SSSR count). The Labute approximate surface area is 134 Å². The Morgan fingerprint density at radius 2 is 1.83 bits per heavy atom. The highest BCUT2D eigenvalue weighted by molar-refractivity contribution is 5.74. The maximum absolute atomic E-state index is 12.2. The molecule has 0 aliphatic carbocycles. The van der Waals surface area contributed by atoms with Crippen LogP contribution in [-0.4, -0.2) is 11.0 Å². The predicted molar refractivity (Wildman–Crippen MR) is 86.6 cm³/mol. The van der Waals surface area contributed by atoms with Gasteiger partial charge >= 0.3 is 6.03 Å². The lowest BCUT2D eigenvalue weighted by Gasteiger charge is -2.17. The van der Waals surface area contributed by atoms with E-state index in [2.05, 4.69) is 15.6 Å². The zero-order valence-corrected chi connectivity index (χ0v) is 12.5. The van der Waals surface area contributed by atoms with Crippen LogP contribution in [-0.2, 0) is 6.54 Å².